The fourth-order valence-corrected chi connectivity index (χ4v) is 1.75. The highest BCUT2D eigenvalue weighted by Crippen LogP contribution is 2.17. The molecular weight excluding hydrogens is 200 g/mol. The second kappa shape index (κ2) is 6.66. The Morgan fingerprint density at radius 1 is 1.06 bits per heavy atom. The Morgan fingerprint density at radius 3 is 2.38 bits per heavy atom. The molecule has 1 aromatic carbocycles. The van der Waals surface area contributed by atoms with Crippen molar-refractivity contribution in [1.29, 1.82) is 0 Å². The summed E-state index contributed by atoms with van der Waals surface area (Å²) in [6.07, 6.45) is 5.52. The molecule has 0 aliphatic carbocycles. The predicted octanol–water partition coefficient (Wildman–Crippen LogP) is 4.06. The highest BCUT2D eigenvalue weighted by molar-refractivity contribution is 5.14. The number of hydrogen-bond donors (Lipinski definition) is 1. The van der Waals surface area contributed by atoms with E-state index in [0.717, 1.165) is 19.3 Å². The molecule has 0 aromatic heterocycles. The lowest BCUT2D eigenvalue weighted by Gasteiger charge is -2.19. The minimum Gasteiger partial charge on any atom is -0.251 e. The van der Waals surface area contributed by atoms with E-state index < -0.39 is 5.60 Å². The third kappa shape index (κ3) is 5.29. The van der Waals surface area contributed by atoms with Crippen LogP contribution in [0.1, 0.15) is 45.1 Å². The van der Waals surface area contributed by atoms with Gasteiger partial charge in [-0.3, -0.25) is 5.26 Å². The highest BCUT2D eigenvalue weighted by Gasteiger charge is 2.17. The summed E-state index contributed by atoms with van der Waals surface area (Å²) in [7, 11) is 0. The monoisotopic (exact) mass is 222 g/mol. The minimum absolute atomic E-state index is 0.396. The molecule has 0 saturated carbocycles. The lowest BCUT2D eigenvalue weighted by molar-refractivity contribution is -0.314. The average molecular weight is 222 g/mol. The van der Waals surface area contributed by atoms with Crippen molar-refractivity contribution in [3.05, 3.63) is 35.9 Å². The molecule has 0 unspecified atom stereocenters. The summed E-state index contributed by atoms with van der Waals surface area (Å²) in [5.41, 5.74) is 1.01. The van der Waals surface area contributed by atoms with Gasteiger partial charge in [-0.15, -0.1) is 0 Å². The Hall–Kier alpha value is -0.860. The molecule has 0 bridgehead atoms. The molecule has 2 nitrogen and oxygen atoms in total. The van der Waals surface area contributed by atoms with Gasteiger partial charge in [0, 0.05) is 0 Å². The van der Waals surface area contributed by atoms with Crippen LogP contribution in [0.25, 0.3) is 0 Å². The minimum atomic E-state index is -0.396. The Bertz CT molecular complexity index is 280. The molecule has 0 saturated heterocycles. The van der Waals surface area contributed by atoms with Crippen LogP contribution in [0.4, 0.5) is 0 Å². The van der Waals surface area contributed by atoms with Gasteiger partial charge in [0.2, 0.25) is 0 Å². The average Bonchev–Trinajstić information content (AvgIpc) is 2.30. The van der Waals surface area contributed by atoms with Crippen LogP contribution in [0.15, 0.2) is 30.3 Å². The first kappa shape index (κ1) is 13.2. The van der Waals surface area contributed by atoms with Crippen LogP contribution in [0.3, 0.4) is 0 Å². The Morgan fingerprint density at radius 2 is 1.75 bits per heavy atom. The van der Waals surface area contributed by atoms with E-state index in [2.05, 4.69) is 29.2 Å². The number of aryl methyl sites for hydroxylation is 1. The third-order valence-corrected chi connectivity index (χ3v) is 2.83. The third-order valence-electron chi connectivity index (χ3n) is 2.83. The first-order valence-corrected chi connectivity index (χ1v) is 6.00. The van der Waals surface area contributed by atoms with Crippen LogP contribution in [0, 0.1) is 0 Å². The normalized spacial score (nSPS) is 11.7. The SMILES string of the molecule is CC(C)(CCCCCc1ccccc1)OO. The summed E-state index contributed by atoms with van der Waals surface area (Å²) in [6, 6.07) is 10.5. The standard InChI is InChI=1S/C14H22O2/c1-14(2,16-15)12-8-4-7-11-13-9-5-3-6-10-13/h3,5-6,9-10,15H,4,7-8,11-12H2,1-2H3. The molecule has 2 heteroatoms. The summed E-state index contributed by atoms with van der Waals surface area (Å²) in [6.45, 7) is 3.81. The van der Waals surface area contributed by atoms with E-state index in [-0.39, 0.29) is 0 Å². The molecule has 0 aliphatic rings. The van der Waals surface area contributed by atoms with Crippen molar-refractivity contribution in [3.8, 4) is 0 Å². The zero-order valence-corrected chi connectivity index (χ0v) is 10.3. The van der Waals surface area contributed by atoms with Gasteiger partial charge in [-0.25, -0.2) is 4.89 Å². The van der Waals surface area contributed by atoms with Gasteiger partial charge in [0.15, 0.2) is 0 Å². The zero-order chi connectivity index (χ0) is 11.9. The predicted molar refractivity (Wildman–Crippen MR) is 66.4 cm³/mol. The molecular formula is C14H22O2. The zero-order valence-electron chi connectivity index (χ0n) is 10.3. The summed E-state index contributed by atoms with van der Waals surface area (Å²) in [4.78, 5) is 4.40. The summed E-state index contributed by atoms with van der Waals surface area (Å²) < 4.78 is 0. The lowest BCUT2D eigenvalue weighted by atomic mass is 9.99. The summed E-state index contributed by atoms with van der Waals surface area (Å²) in [5.74, 6) is 0. The van der Waals surface area contributed by atoms with E-state index in [1.54, 1.807) is 0 Å². The van der Waals surface area contributed by atoms with Gasteiger partial charge in [0.25, 0.3) is 0 Å². The molecule has 0 spiro atoms. The maximum atomic E-state index is 8.63. The second-order valence-corrected chi connectivity index (χ2v) is 4.90. The van der Waals surface area contributed by atoms with Gasteiger partial charge in [-0.1, -0.05) is 43.2 Å². The summed E-state index contributed by atoms with van der Waals surface area (Å²) in [5, 5.41) is 8.63. The molecule has 0 fully saturated rings. The Labute approximate surface area is 98.2 Å². The highest BCUT2D eigenvalue weighted by atomic mass is 17.1. The molecule has 0 radical (unpaired) electrons. The fraction of sp³-hybridized carbons (Fsp3) is 0.571. The fourth-order valence-electron chi connectivity index (χ4n) is 1.75. The number of unbranched alkanes of at least 4 members (excludes halogenated alkanes) is 2. The Kier molecular flexibility index (Phi) is 5.50. The van der Waals surface area contributed by atoms with E-state index >= 15 is 0 Å². The van der Waals surface area contributed by atoms with Crippen LogP contribution in [-0.2, 0) is 11.3 Å². The number of hydrogen-bond acceptors (Lipinski definition) is 2. The van der Waals surface area contributed by atoms with Crippen molar-refractivity contribution in [1.82, 2.24) is 0 Å². The Balaban J connectivity index is 2.09. The lowest BCUT2D eigenvalue weighted by Crippen LogP contribution is -2.22. The molecule has 0 heterocycles. The van der Waals surface area contributed by atoms with E-state index in [1.807, 2.05) is 19.9 Å². The van der Waals surface area contributed by atoms with Crippen molar-refractivity contribution in [2.75, 3.05) is 0 Å². The van der Waals surface area contributed by atoms with Crippen LogP contribution in [-0.4, -0.2) is 10.9 Å². The van der Waals surface area contributed by atoms with Gasteiger partial charge in [0.05, 0.1) is 5.60 Å². The van der Waals surface area contributed by atoms with Crippen LogP contribution in [0.2, 0.25) is 0 Å². The molecule has 90 valence electrons. The van der Waals surface area contributed by atoms with Crippen LogP contribution < -0.4 is 0 Å². The molecule has 1 aromatic rings. The van der Waals surface area contributed by atoms with Gasteiger partial charge in [0.1, 0.15) is 0 Å². The van der Waals surface area contributed by atoms with Crippen molar-refractivity contribution in [3.63, 3.8) is 0 Å². The van der Waals surface area contributed by atoms with Crippen molar-refractivity contribution >= 4 is 0 Å². The topological polar surface area (TPSA) is 29.5 Å². The quantitative estimate of drug-likeness (QED) is 0.428. The van der Waals surface area contributed by atoms with Gasteiger partial charge >= 0.3 is 0 Å². The number of benzene rings is 1. The second-order valence-electron chi connectivity index (χ2n) is 4.90. The smallest absolute Gasteiger partial charge is 0.0977 e. The van der Waals surface area contributed by atoms with Crippen LogP contribution >= 0.6 is 0 Å². The van der Waals surface area contributed by atoms with Gasteiger partial charge < -0.3 is 0 Å². The molecule has 16 heavy (non-hydrogen) atoms. The number of rotatable bonds is 7. The van der Waals surface area contributed by atoms with Crippen molar-refractivity contribution in [2.24, 2.45) is 0 Å². The molecule has 1 rings (SSSR count). The van der Waals surface area contributed by atoms with E-state index in [4.69, 9.17) is 5.26 Å². The molecule has 1 N–H and O–H groups in total. The molecule has 0 amide bonds. The molecule has 0 aliphatic heterocycles. The van der Waals surface area contributed by atoms with E-state index in [9.17, 15) is 0 Å². The molecule has 0 atom stereocenters. The first-order valence-electron chi connectivity index (χ1n) is 6.00. The van der Waals surface area contributed by atoms with E-state index in [1.165, 1.54) is 18.4 Å². The van der Waals surface area contributed by atoms with Gasteiger partial charge in [-0.2, -0.15) is 0 Å². The van der Waals surface area contributed by atoms with Crippen molar-refractivity contribution < 1.29 is 10.1 Å². The summed E-state index contributed by atoms with van der Waals surface area (Å²) >= 11 is 0. The maximum Gasteiger partial charge on any atom is 0.0977 e. The first-order chi connectivity index (χ1) is 7.64. The van der Waals surface area contributed by atoms with Crippen LogP contribution in [0.5, 0.6) is 0 Å². The van der Waals surface area contributed by atoms with E-state index in [0.29, 0.717) is 0 Å². The van der Waals surface area contributed by atoms with Crippen molar-refractivity contribution in [2.45, 2.75) is 51.6 Å². The largest absolute Gasteiger partial charge is 0.251 e. The maximum absolute atomic E-state index is 8.63. The van der Waals surface area contributed by atoms with Gasteiger partial charge in [-0.05, 0) is 38.7 Å².